The molecule has 0 aliphatic carbocycles. The van der Waals surface area contributed by atoms with Gasteiger partial charge in [-0.2, -0.15) is 0 Å². The van der Waals surface area contributed by atoms with E-state index in [1.165, 1.54) is 7.11 Å². The predicted molar refractivity (Wildman–Crippen MR) is 97.7 cm³/mol. The van der Waals surface area contributed by atoms with Crippen LogP contribution < -0.4 is 4.74 Å². The number of carbonyl (C=O) groups excluding carboxylic acids is 3. The van der Waals surface area contributed by atoms with Crippen molar-refractivity contribution in [2.75, 3.05) is 13.8 Å². The summed E-state index contributed by atoms with van der Waals surface area (Å²) in [7, 11) is 1.46. The molecule has 0 saturated carbocycles. The van der Waals surface area contributed by atoms with Gasteiger partial charge >= 0.3 is 5.97 Å². The Labute approximate surface area is 154 Å². The first kappa shape index (κ1) is 16.8. The second-order valence-electron chi connectivity index (χ2n) is 6.04. The number of nitrogens with zero attached hydrogens (tertiary/aromatic N) is 1. The number of hydrogen-bond donors (Lipinski definition) is 0. The summed E-state index contributed by atoms with van der Waals surface area (Å²) in [4.78, 5) is 38.2. The smallest absolute Gasteiger partial charge is 0.343 e. The largest absolute Gasteiger partial charge is 0.496 e. The summed E-state index contributed by atoms with van der Waals surface area (Å²) in [6.07, 6.45) is 0. The van der Waals surface area contributed by atoms with Crippen LogP contribution in [0.1, 0.15) is 31.1 Å². The highest BCUT2D eigenvalue weighted by molar-refractivity contribution is 6.21. The molecule has 4 rings (SSSR count). The van der Waals surface area contributed by atoms with Crippen molar-refractivity contribution in [3.8, 4) is 5.75 Å². The van der Waals surface area contributed by atoms with Gasteiger partial charge in [0.2, 0.25) is 0 Å². The number of hydrogen-bond acceptors (Lipinski definition) is 5. The lowest BCUT2D eigenvalue weighted by Crippen LogP contribution is -2.33. The highest BCUT2D eigenvalue weighted by Crippen LogP contribution is 2.27. The molecule has 0 spiro atoms. The fraction of sp³-hybridized carbons (Fsp3) is 0.0952. The van der Waals surface area contributed by atoms with Gasteiger partial charge in [0.05, 0.1) is 18.2 Å². The minimum atomic E-state index is -0.672. The standard InChI is InChI=1S/C21H15NO5/c1-26-18-11-14-7-3-2-6-13(14)10-17(18)21(25)27-12-22-19(23)15-8-4-5-9-16(15)20(22)24/h2-11H,12H2,1H3. The van der Waals surface area contributed by atoms with Gasteiger partial charge in [-0.15, -0.1) is 0 Å². The van der Waals surface area contributed by atoms with Crippen LogP contribution in [0.3, 0.4) is 0 Å². The van der Waals surface area contributed by atoms with Crippen molar-refractivity contribution in [2.24, 2.45) is 0 Å². The van der Waals surface area contributed by atoms with Crippen LogP contribution in [0.2, 0.25) is 0 Å². The molecule has 1 aliphatic heterocycles. The summed E-state index contributed by atoms with van der Waals surface area (Å²) in [5.74, 6) is -1.27. The Balaban J connectivity index is 1.56. The van der Waals surface area contributed by atoms with Crippen LogP contribution in [-0.2, 0) is 4.74 Å². The van der Waals surface area contributed by atoms with Crippen LogP contribution in [0.5, 0.6) is 5.75 Å². The minimum Gasteiger partial charge on any atom is -0.496 e. The number of carbonyl (C=O) groups is 3. The lowest BCUT2D eigenvalue weighted by atomic mass is 10.1. The van der Waals surface area contributed by atoms with E-state index in [0.717, 1.165) is 15.7 Å². The van der Waals surface area contributed by atoms with E-state index in [9.17, 15) is 14.4 Å². The Morgan fingerprint density at radius 3 is 2.04 bits per heavy atom. The second kappa shape index (κ2) is 6.57. The van der Waals surface area contributed by atoms with Crippen molar-refractivity contribution in [1.29, 1.82) is 0 Å². The molecule has 0 bridgehead atoms. The highest BCUT2D eigenvalue weighted by atomic mass is 16.5. The molecule has 0 N–H and O–H groups in total. The topological polar surface area (TPSA) is 72.9 Å². The first-order valence-electron chi connectivity index (χ1n) is 8.29. The average molecular weight is 361 g/mol. The van der Waals surface area contributed by atoms with Gasteiger partial charge in [-0.1, -0.05) is 36.4 Å². The van der Waals surface area contributed by atoms with E-state index in [-0.39, 0.29) is 5.56 Å². The average Bonchev–Trinajstić information content (AvgIpc) is 2.95. The van der Waals surface area contributed by atoms with E-state index < -0.39 is 24.5 Å². The lowest BCUT2D eigenvalue weighted by Gasteiger charge is -2.15. The highest BCUT2D eigenvalue weighted by Gasteiger charge is 2.36. The molecule has 0 fully saturated rings. The molecule has 27 heavy (non-hydrogen) atoms. The number of methoxy groups -OCH3 is 1. The Morgan fingerprint density at radius 2 is 1.44 bits per heavy atom. The van der Waals surface area contributed by atoms with Gasteiger partial charge in [0.1, 0.15) is 11.3 Å². The van der Waals surface area contributed by atoms with Crippen molar-refractivity contribution >= 4 is 28.6 Å². The van der Waals surface area contributed by atoms with Gasteiger partial charge < -0.3 is 9.47 Å². The summed E-state index contributed by atoms with van der Waals surface area (Å²) in [6.45, 7) is -0.457. The summed E-state index contributed by atoms with van der Waals surface area (Å²) >= 11 is 0. The Kier molecular flexibility index (Phi) is 4.08. The molecule has 0 unspecified atom stereocenters. The van der Waals surface area contributed by atoms with Crippen LogP contribution >= 0.6 is 0 Å². The van der Waals surface area contributed by atoms with Crippen LogP contribution in [0.4, 0.5) is 0 Å². The molecule has 0 aromatic heterocycles. The Hall–Kier alpha value is -3.67. The van der Waals surface area contributed by atoms with Gasteiger partial charge in [-0.05, 0) is 35.0 Å². The van der Waals surface area contributed by atoms with Gasteiger partial charge in [0.15, 0.2) is 6.73 Å². The van der Waals surface area contributed by atoms with E-state index in [0.29, 0.717) is 16.9 Å². The molecule has 0 saturated heterocycles. The molecule has 1 heterocycles. The maximum absolute atomic E-state index is 12.6. The molecule has 3 aromatic carbocycles. The van der Waals surface area contributed by atoms with E-state index in [2.05, 4.69) is 0 Å². The first-order chi connectivity index (χ1) is 13.1. The molecule has 134 valence electrons. The molecule has 1 aliphatic rings. The minimum absolute atomic E-state index is 0.229. The summed E-state index contributed by atoms with van der Waals surface area (Å²) in [5, 5.41) is 1.78. The van der Waals surface area contributed by atoms with Crippen molar-refractivity contribution < 1.29 is 23.9 Å². The van der Waals surface area contributed by atoms with E-state index in [4.69, 9.17) is 9.47 Å². The number of imide groups is 1. The molecule has 0 atom stereocenters. The Morgan fingerprint density at radius 1 is 0.889 bits per heavy atom. The van der Waals surface area contributed by atoms with Crippen molar-refractivity contribution in [3.05, 3.63) is 77.4 Å². The Bertz CT molecular complexity index is 1050. The van der Waals surface area contributed by atoms with Crippen molar-refractivity contribution in [3.63, 3.8) is 0 Å². The number of fused-ring (bicyclic) bond motifs is 2. The van der Waals surface area contributed by atoms with Crippen LogP contribution in [0, 0.1) is 0 Å². The first-order valence-corrected chi connectivity index (χ1v) is 8.29. The van der Waals surface area contributed by atoms with Crippen LogP contribution in [-0.4, -0.2) is 36.5 Å². The summed E-state index contributed by atoms with van der Waals surface area (Å²) in [5.41, 5.74) is 0.844. The molecular weight excluding hydrogens is 346 g/mol. The fourth-order valence-corrected chi connectivity index (χ4v) is 3.11. The van der Waals surface area contributed by atoms with Crippen molar-refractivity contribution in [2.45, 2.75) is 0 Å². The monoisotopic (exact) mass is 361 g/mol. The van der Waals surface area contributed by atoms with Gasteiger partial charge in [0, 0.05) is 0 Å². The molecule has 2 amide bonds. The zero-order chi connectivity index (χ0) is 19.0. The lowest BCUT2D eigenvalue weighted by molar-refractivity contribution is 0.0226. The molecule has 6 nitrogen and oxygen atoms in total. The molecule has 3 aromatic rings. The number of rotatable bonds is 4. The SMILES string of the molecule is COc1cc2ccccc2cc1C(=O)OCN1C(=O)c2ccccc2C1=O. The third-order valence-corrected chi connectivity index (χ3v) is 4.49. The van der Waals surface area contributed by atoms with E-state index in [1.807, 2.05) is 24.3 Å². The maximum atomic E-state index is 12.6. The van der Waals surface area contributed by atoms with Gasteiger partial charge in [-0.3, -0.25) is 9.59 Å². The summed E-state index contributed by atoms with van der Waals surface area (Å²) < 4.78 is 10.5. The predicted octanol–water partition coefficient (Wildman–Crippen LogP) is 3.26. The quantitative estimate of drug-likeness (QED) is 0.527. The third-order valence-electron chi connectivity index (χ3n) is 4.49. The number of esters is 1. The maximum Gasteiger partial charge on any atom is 0.343 e. The van der Waals surface area contributed by atoms with Gasteiger partial charge in [-0.25, -0.2) is 9.69 Å². The second-order valence-corrected chi connectivity index (χ2v) is 6.04. The van der Waals surface area contributed by atoms with E-state index in [1.54, 1.807) is 36.4 Å². The van der Waals surface area contributed by atoms with Crippen LogP contribution in [0.25, 0.3) is 10.8 Å². The molecule has 6 heteroatoms. The summed E-state index contributed by atoms with van der Waals surface area (Å²) in [6, 6.07) is 17.4. The normalized spacial score (nSPS) is 13.0. The molecular formula is C21H15NO5. The van der Waals surface area contributed by atoms with E-state index >= 15 is 0 Å². The fourth-order valence-electron chi connectivity index (χ4n) is 3.11. The van der Waals surface area contributed by atoms with Crippen molar-refractivity contribution in [1.82, 2.24) is 4.90 Å². The van der Waals surface area contributed by atoms with Gasteiger partial charge in [0.25, 0.3) is 11.8 Å². The van der Waals surface area contributed by atoms with Crippen LogP contribution in [0.15, 0.2) is 60.7 Å². The zero-order valence-corrected chi connectivity index (χ0v) is 14.5. The number of amides is 2. The third kappa shape index (κ3) is 2.81. The molecule has 0 radical (unpaired) electrons. The number of benzene rings is 3. The zero-order valence-electron chi connectivity index (χ0n) is 14.5. The number of ether oxygens (including phenoxy) is 2.